The Morgan fingerprint density at radius 3 is 2.42 bits per heavy atom. The minimum Gasteiger partial charge on any atom is -0.384 e. The smallest absolute Gasteiger partial charge is 0.251 e. The normalized spacial score (nSPS) is 24.5. The standard InChI is InChI=1S/C33H43N7O3/c1-20(2)39-19-35-27-18-26(36-30(34)29(27)39)22-7-8-25-28(15-22)40(24-16-23(17-24)37-11-5-4-6-12-37)32(43)33(25)9-13-38(14-10-33)31(42)21(3)41/h7-8,15,18-21,23-24,41H,4-6,9-14,16-17H2,1-3H3,(H2,34,36)/t21-,23-,24+/m1/s1. The van der Waals surface area contributed by atoms with Crippen molar-refractivity contribution in [2.75, 3.05) is 36.8 Å². The van der Waals surface area contributed by atoms with Gasteiger partial charge in [-0.25, -0.2) is 9.97 Å². The Kier molecular flexibility index (Phi) is 6.97. The molecule has 1 saturated carbocycles. The first-order valence-electron chi connectivity index (χ1n) is 16.0. The lowest BCUT2D eigenvalue weighted by Gasteiger charge is -2.48. The van der Waals surface area contributed by atoms with Gasteiger partial charge >= 0.3 is 0 Å². The second-order valence-corrected chi connectivity index (χ2v) is 13.4. The molecule has 228 valence electrons. The molecule has 0 radical (unpaired) electrons. The van der Waals surface area contributed by atoms with Crippen LogP contribution in [-0.2, 0) is 15.0 Å². The Morgan fingerprint density at radius 2 is 1.74 bits per heavy atom. The van der Waals surface area contributed by atoms with Gasteiger partial charge in [0.2, 0.25) is 5.91 Å². The number of benzene rings is 1. The molecule has 1 spiro atoms. The van der Waals surface area contributed by atoms with Crippen LogP contribution in [0.15, 0.2) is 30.6 Å². The molecular weight excluding hydrogens is 542 g/mol. The second-order valence-electron chi connectivity index (χ2n) is 13.4. The van der Waals surface area contributed by atoms with Crippen LogP contribution in [0.3, 0.4) is 0 Å². The molecule has 2 amide bonds. The van der Waals surface area contributed by atoms with Gasteiger partial charge in [0, 0.05) is 42.5 Å². The number of piperidine rings is 2. The van der Waals surface area contributed by atoms with E-state index in [0.29, 0.717) is 37.8 Å². The predicted octanol–water partition coefficient (Wildman–Crippen LogP) is 3.87. The number of aliphatic hydroxyl groups is 1. The number of aromatic nitrogens is 3. The number of hydrogen-bond donors (Lipinski definition) is 2. The Hall–Kier alpha value is -3.50. The SMILES string of the molecule is CC(C)n1cnc2cc(-c3ccc4c(c3)N([C@H]3C[C@@H](N5CCCCC5)C3)C(=O)C43CCN(C(=O)[C@@H](C)O)CC3)nc(N)c21. The fourth-order valence-corrected chi connectivity index (χ4v) is 7.95. The van der Waals surface area contributed by atoms with Crippen molar-refractivity contribution in [2.45, 2.75) is 95.4 Å². The molecule has 3 fully saturated rings. The third-order valence-electron chi connectivity index (χ3n) is 10.5. The number of fused-ring (bicyclic) bond motifs is 3. The van der Waals surface area contributed by atoms with Gasteiger partial charge in [-0.05, 0) is 90.1 Å². The Labute approximate surface area is 252 Å². The predicted molar refractivity (Wildman–Crippen MR) is 167 cm³/mol. The summed E-state index contributed by atoms with van der Waals surface area (Å²) in [6.45, 7) is 8.93. The average molecular weight is 586 g/mol. The van der Waals surface area contributed by atoms with E-state index in [-0.39, 0.29) is 23.9 Å². The number of likely N-dealkylation sites (tertiary alicyclic amines) is 2. The lowest BCUT2D eigenvalue weighted by atomic mass is 9.73. The van der Waals surface area contributed by atoms with Crippen molar-refractivity contribution in [3.8, 4) is 11.3 Å². The summed E-state index contributed by atoms with van der Waals surface area (Å²) in [6.07, 6.45) is 7.70. The van der Waals surface area contributed by atoms with Crippen LogP contribution in [0.5, 0.6) is 0 Å². The van der Waals surface area contributed by atoms with Crippen LogP contribution < -0.4 is 10.6 Å². The molecule has 7 rings (SSSR count). The zero-order valence-corrected chi connectivity index (χ0v) is 25.5. The molecule has 5 heterocycles. The van der Waals surface area contributed by atoms with Gasteiger partial charge in [-0.2, -0.15) is 0 Å². The number of nitrogens with zero attached hydrogens (tertiary/aromatic N) is 6. The van der Waals surface area contributed by atoms with Gasteiger partial charge in [-0.15, -0.1) is 0 Å². The second kappa shape index (κ2) is 10.6. The van der Waals surface area contributed by atoms with Crippen molar-refractivity contribution in [1.82, 2.24) is 24.3 Å². The van der Waals surface area contributed by atoms with Crippen LogP contribution in [-0.4, -0.2) is 85.6 Å². The molecule has 0 unspecified atom stereocenters. The van der Waals surface area contributed by atoms with Gasteiger partial charge in [0.05, 0.1) is 23.0 Å². The number of nitrogen functional groups attached to an aromatic ring is 1. The first kappa shape index (κ1) is 28.3. The number of amides is 2. The minimum atomic E-state index is -1.04. The van der Waals surface area contributed by atoms with Crippen molar-refractivity contribution in [3.63, 3.8) is 0 Å². The van der Waals surface area contributed by atoms with E-state index in [1.807, 2.05) is 17.0 Å². The highest BCUT2D eigenvalue weighted by atomic mass is 16.3. The fraction of sp³-hybridized carbons (Fsp3) is 0.576. The van der Waals surface area contributed by atoms with Gasteiger partial charge < -0.3 is 30.1 Å². The zero-order chi connectivity index (χ0) is 30.0. The van der Waals surface area contributed by atoms with E-state index in [0.717, 1.165) is 59.5 Å². The number of anilines is 2. The Balaban J connectivity index is 1.24. The van der Waals surface area contributed by atoms with E-state index in [1.54, 1.807) is 4.90 Å². The van der Waals surface area contributed by atoms with Crippen LogP contribution in [0.1, 0.15) is 77.3 Å². The number of aliphatic hydroxyl groups excluding tert-OH is 1. The molecule has 2 saturated heterocycles. The van der Waals surface area contributed by atoms with E-state index in [2.05, 4.69) is 46.8 Å². The number of imidazole rings is 1. The van der Waals surface area contributed by atoms with E-state index in [1.165, 1.54) is 26.2 Å². The molecular formula is C33H43N7O3. The average Bonchev–Trinajstić information content (AvgIpc) is 3.52. The number of rotatable bonds is 5. The first-order valence-corrected chi connectivity index (χ1v) is 16.0. The molecule has 2 aromatic heterocycles. The van der Waals surface area contributed by atoms with Gasteiger partial charge in [-0.3, -0.25) is 9.59 Å². The van der Waals surface area contributed by atoms with Crippen molar-refractivity contribution in [1.29, 1.82) is 0 Å². The summed E-state index contributed by atoms with van der Waals surface area (Å²) < 4.78 is 2.04. The van der Waals surface area contributed by atoms with Crippen molar-refractivity contribution in [2.24, 2.45) is 0 Å². The lowest BCUT2D eigenvalue weighted by molar-refractivity contribution is -0.142. The summed E-state index contributed by atoms with van der Waals surface area (Å²) in [5.41, 5.74) is 11.1. The molecule has 0 bridgehead atoms. The largest absolute Gasteiger partial charge is 0.384 e. The van der Waals surface area contributed by atoms with Crippen LogP contribution in [0, 0.1) is 0 Å². The minimum absolute atomic E-state index is 0.157. The van der Waals surface area contributed by atoms with Crippen LogP contribution in [0.4, 0.5) is 11.5 Å². The highest BCUT2D eigenvalue weighted by Crippen LogP contribution is 2.52. The Bertz CT molecular complexity index is 1560. The summed E-state index contributed by atoms with van der Waals surface area (Å²) in [7, 11) is 0. The highest BCUT2D eigenvalue weighted by molar-refractivity contribution is 6.09. The molecule has 3 aromatic rings. The van der Waals surface area contributed by atoms with E-state index in [9.17, 15) is 14.7 Å². The molecule has 1 aliphatic carbocycles. The van der Waals surface area contributed by atoms with Crippen molar-refractivity contribution in [3.05, 3.63) is 36.2 Å². The molecule has 3 aliphatic heterocycles. The van der Waals surface area contributed by atoms with Crippen molar-refractivity contribution < 1.29 is 14.7 Å². The number of hydrogen-bond acceptors (Lipinski definition) is 7. The molecule has 1 atom stereocenters. The lowest BCUT2D eigenvalue weighted by Crippen LogP contribution is -2.58. The summed E-state index contributed by atoms with van der Waals surface area (Å²) in [4.78, 5) is 42.9. The van der Waals surface area contributed by atoms with Gasteiger partial charge in [0.15, 0.2) is 0 Å². The van der Waals surface area contributed by atoms with E-state index in [4.69, 9.17) is 10.7 Å². The number of carbonyl (C=O) groups excluding carboxylic acids is 2. The maximum Gasteiger partial charge on any atom is 0.251 e. The van der Waals surface area contributed by atoms with Crippen molar-refractivity contribution >= 4 is 34.4 Å². The summed E-state index contributed by atoms with van der Waals surface area (Å²) in [5, 5.41) is 9.89. The number of carbonyl (C=O) groups is 2. The zero-order valence-electron chi connectivity index (χ0n) is 25.5. The third-order valence-corrected chi connectivity index (χ3v) is 10.5. The van der Waals surface area contributed by atoms with Crippen LogP contribution in [0.25, 0.3) is 22.3 Å². The summed E-state index contributed by atoms with van der Waals surface area (Å²) in [5.74, 6) is 0.335. The third kappa shape index (κ3) is 4.52. The number of nitrogens with two attached hydrogens (primary N) is 1. The van der Waals surface area contributed by atoms with Gasteiger partial charge in [0.1, 0.15) is 17.4 Å². The summed E-state index contributed by atoms with van der Waals surface area (Å²) >= 11 is 0. The number of pyridine rings is 1. The molecule has 1 aromatic carbocycles. The van der Waals surface area contributed by atoms with E-state index >= 15 is 0 Å². The molecule has 4 aliphatic rings. The van der Waals surface area contributed by atoms with Crippen LogP contribution >= 0.6 is 0 Å². The molecule has 10 nitrogen and oxygen atoms in total. The van der Waals surface area contributed by atoms with Gasteiger partial charge in [0.25, 0.3) is 5.91 Å². The molecule has 43 heavy (non-hydrogen) atoms. The monoisotopic (exact) mass is 585 g/mol. The fourth-order valence-electron chi connectivity index (χ4n) is 7.95. The maximum absolute atomic E-state index is 14.5. The van der Waals surface area contributed by atoms with Gasteiger partial charge in [-0.1, -0.05) is 18.6 Å². The molecule has 3 N–H and O–H groups in total. The quantitative estimate of drug-likeness (QED) is 0.466. The molecule has 10 heteroatoms. The van der Waals surface area contributed by atoms with E-state index < -0.39 is 11.5 Å². The summed E-state index contributed by atoms with van der Waals surface area (Å²) in [6, 6.07) is 9.17. The Morgan fingerprint density at radius 1 is 1.02 bits per heavy atom. The first-order chi connectivity index (χ1) is 20.7. The van der Waals surface area contributed by atoms with Crippen LogP contribution in [0.2, 0.25) is 0 Å². The highest BCUT2D eigenvalue weighted by Gasteiger charge is 2.56. The maximum atomic E-state index is 14.5. The topological polar surface area (TPSA) is 121 Å².